The van der Waals surface area contributed by atoms with Crippen molar-refractivity contribution in [3.8, 4) is 0 Å². The van der Waals surface area contributed by atoms with E-state index >= 15 is 0 Å². The monoisotopic (exact) mass is 160 g/mol. The van der Waals surface area contributed by atoms with Gasteiger partial charge in [-0.25, -0.2) is 8.78 Å². The maximum absolute atomic E-state index is 12.9. The molecule has 11 heavy (non-hydrogen) atoms. The summed E-state index contributed by atoms with van der Waals surface area (Å²) < 4.78 is 25.8. The van der Waals surface area contributed by atoms with Gasteiger partial charge in [0, 0.05) is 6.42 Å². The molecule has 0 aliphatic carbocycles. The third-order valence-electron chi connectivity index (χ3n) is 1.63. The van der Waals surface area contributed by atoms with Crippen LogP contribution in [0.4, 0.5) is 8.78 Å². The minimum Gasteiger partial charge on any atom is -0.202 e. The molecule has 0 saturated heterocycles. The first-order chi connectivity index (χ1) is 5.08. The molecule has 0 aliphatic rings. The van der Waals surface area contributed by atoms with E-state index in [-0.39, 0.29) is 18.4 Å². The molecule has 0 fully saturated rings. The second-order valence-electron chi connectivity index (χ2n) is 2.36. The molecule has 2 heteroatoms. The second kappa shape index (κ2) is 4.27. The number of halogens is 2. The Labute approximate surface area is 66.6 Å². The van der Waals surface area contributed by atoms with Gasteiger partial charge >= 0.3 is 0 Å². The van der Waals surface area contributed by atoms with E-state index in [4.69, 9.17) is 0 Å². The summed E-state index contributed by atoms with van der Waals surface area (Å²) in [5.41, 5.74) is 0.162. The van der Waals surface area contributed by atoms with Crippen LogP contribution in [-0.4, -0.2) is 5.92 Å². The largest absolute Gasteiger partial charge is 0.269 e. The fraction of sp³-hybridized carbons (Fsp3) is 0.556. The predicted octanol–water partition coefficient (Wildman–Crippen LogP) is 3.55. The van der Waals surface area contributed by atoms with Crippen LogP contribution in [0.25, 0.3) is 0 Å². The van der Waals surface area contributed by atoms with Crippen molar-refractivity contribution in [2.24, 2.45) is 0 Å². The summed E-state index contributed by atoms with van der Waals surface area (Å²) in [5.74, 6) is -2.65. The number of rotatable bonds is 4. The van der Waals surface area contributed by atoms with E-state index in [0.717, 1.165) is 0 Å². The van der Waals surface area contributed by atoms with Crippen molar-refractivity contribution < 1.29 is 8.78 Å². The van der Waals surface area contributed by atoms with Crippen LogP contribution in [-0.2, 0) is 0 Å². The smallest absolute Gasteiger partial charge is 0.202 e. The Balaban J connectivity index is 4.37. The fourth-order valence-corrected chi connectivity index (χ4v) is 0.861. The zero-order valence-corrected chi connectivity index (χ0v) is 7.03. The molecule has 0 saturated carbocycles. The zero-order chi connectivity index (χ0) is 8.91. The third kappa shape index (κ3) is 2.83. The summed E-state index contributed by atoms with van der Waals surface area (Å²) in [6, 6.07) is 0. The zero-order valence-electron chi connectivity index (χ0n) is 7.03. The summed E-state index contributed by atoms with van der Waals surface area (Å²) >= 11 is 0. The molecule has 64 valence electrons. The van der Waals surface area contributed by atoms with Crippen LogP contribution in [0.5, 0.6) is 0 Å². The molecule has 0 radical (unpaired) electrons. The van der Waals surface area contributed by atoms with Gasteiger partial charge in [-0.2, -0.15) is 0 Å². The molecule has 0 bridgehead atoms. The lowest BCUT2D eigenvalue weighted by atomic mass is 10.0. The number of hydrogen-bond acceptors (Lipinski definition) is 0. The highest BCUT2D eigenvalue weighted by molar-refractivity contribution is 5.14. The van der Waals surface area contributed by atoms with Crippen LogP contribution in [0, 0.1) is 0 Å². The summed E-state index contributed by atoms with van der Waals surface area (Å²) in [6.07, 6.45) is 3.10. The lowest BCUT2D eigenvalue weighted by molar-refractivity contribution is 0.0354. The predicted molar refractivity (Wildman–Crippen MR) is 43.8 cm³/mol. The minimum absolute atomic E-state index is 0.138. The molecule has 0 heterocycles. The van der Waals surface area contributed by atoms with Gasteiger partial charge < -0.3 is 0 Å². The lowest BCUT2D eigenvalue weighted by Crippen LogP contribution is -2.17. The lowest BCUT2D eigenvalue weighted by Gasteiger charge is -2.16. The van der Waals surface area contributed by atoms with E-state index in [9.17, 15) is 8.78 Å². The van der Waals surface area contributed by atoms with Crippen molar-refractivity contribution in [2.75, 3.05) is 0 Å². The number of allylic oxidation sites excluding steroid dienone is 3. The van der Waals surface area contributed by atoms with Gasteiger partial charge in [-0.15, -0.1) is 6.58 Å². The van der Waals surface area contributed by atoms with E-state index in [1.807, 2.05) is 0 Å². The average molecular weight is 160 g/mol. The molecular weight excluding hydrogens is 146 g/mol. The molecule has 0 aromatic carbocycles. The van der Waals surface area contributed by atoms with Crippen molar-refractivity contribution in [3.63, 3.8) is 0 Å². The Morgan fingerprint density at radius 1 is 1.55 bits per heavy atom. The second-order valence-corrected chi connectivity index (χ2v) is 2.36. The maximum atomic E-state index is 12.9. The van der Waals surface area contributed by atoms with Crippen LogP contribution >= 0.6 is 0 Å². The normalized spacial score (nSPS) is 13.3. The molecule has 0 rings (SSSR count). The number of alkyl halides is 2. The Morgan fingerprint density at radius 3 is 2.36 bits per heavy atom. The first kappa shape index (κ1) is 10.3. The summed E-state index contributed by atoms with van der Waals surface area (Å²) in [4.78, 5) is 0. The molecule has 0 unspecified atom stereocenters. The minimum atomic E-state index is -2.65. The Morgan fingerprint density at radius 2 is 2.09 bits per heavy atom. The molecule has 0 spiro atoms. The highest BCUT2D eigenvalue weighted by Crippen LogP contribution is 2.29. The molecule has 0 aliphatic heterocycles. The van der Waals surface area contributed by atoms with Crippen molar-refractivity contribution in [1.29, 1.82) is 0 Å². The third-order valence-corrected chi connectivity index (χ3v) is 1.63. The average Bonchev–Trinajstić information content (AvgIpc) is 2.00. The highest BCUT2D eigenvalue weighted by Gasteiger charge is 2.29. The van der Waals surface area contributed by atoms with E-state index in [0.29, 0.717) is 0 Å². The molecule has 0 atom stereocenters. The van der Waals surface area contributed by atoms with Gasteiger partial charge in [0.1, 0.15) is 0 Å². The van der Waals surface area contributed by atoms with Crippen LogP contribution in [0.2, 0.25) is 0 Å². The molecule has 0 amide bonds. The van der Waals surface area contributed by atoms with E-state index in [1.165, 1.54) is 19.1 Å². The van der Waals surface area contributed by atoms with Crippen molar-refractivity contribution in [3.05, 3.63) is 24.3 Å². The van der Waals surface area contributed by atoms with Gasteiger partial charge in [0.2, 0.25) is 0 Å². The summed E-state index contributed by atoms with van der Waals surface area (Å²) in [7, 11) is 0. The molecule has 0 nitrogen and oxygen atoms in total. The van der Waals surface area contributed by atoms with Gasteiger partial charge in [-0.1, -0.05) is 19.1 Å². The molecule has 0 aromatic rings. The van der Waals surface area contributed by atoms with Gasteiger partial charge in [0.05, 0.1) is 0 Å². The molecule has 0 aromatic heterocycles. The number of hydrogen-bond donors (Lipinski definition) is 0. The quantitative estimate of drug-likeness (QED) is 0.551. The SMILES string of the molecule is C=CC/C(=C\C)C(F)(F)CC. The van der Waals surface area contributed by atoms with E-state index in [1.54, 1.807) is 6.92 Å². The maximum Gasteiger partial charge on any atom is 0.269 e. The van der Waals surface area contributed by atoms with Crippen molar-refractivity contribution in [1.82, 2.24) is 0 Å². The van der Waals surface area contributed by atoms with Gasteiger partial charge in [-0.05, 0) is 18.9 Å². The molecular formula is C9H14F2. The fourth-order valence-electron chi connectivity index (χ4n) is 0.861. The topological polar surface area (TPSA) is 0 Å². The summed E-state index contributed by atoms with van der Waals surface area (Å²) in [5, 5.41) is 0. The first-order valence-electron chi connectivity index (χ1n) is 3.72. The van der Waals surface area contributed by atoms with Gasteiger partial charge in [0.25, 0.3) is 5.92 Å². The van der Waals surface area contributed by atoms with E-state index in [2.05, 4.69) is 6.58 Å². The Bertz CT molecular complexity index is 157. The van der Waals surface area contributed by atoms with E-state index < -0.39 is 5.92 Å². The van der Waals surface area contributed by atoms with Gasteiger partial charge in [-0.3, -0.25) is 0 Å². The Kier molecular flexibility index (Phi) is 4.01. The Hall–Kier alpha value is -0.660. The highest BCUT2D eigenvalue weighted by atomic mass is 19.3. The van der Waals surface area contributed by atoms with Crippen LogP contribution < -0.4 is 0 Å². The van der Waals surface area contributed by atoms with Crippen molar-refractivity contribution in [2.45, 2.75) is 32.6 Å². The van der Waals surface area contributed by atoms with Crippen molar-refractivity contribution >= 4 is 0 Å². The molecule has 0 N–H and O–H groups in total. The van der Waals surface area contributed by atoms with Crippen LogP contribution in [0.1, 0.15) is 26.7 Å². The standard InChI is InChI=1S/C9H14F2/c1-4-7-8(5-2)9(10,11)6-3/h4-5H,1,6-7H2,2-3H3/b8-5+. The van der Waals surface area contributed by atoms with Crippen LogP contribution in [0.3, 0.4) is 0 Å². The van der Waals surface area contributed by atoms with Crippen LogP contribution in [0.15, 0.2) is 24.3 Å². The van der Waals surface area contributed by atoms with Gasteiger partial charge in [0.15, 0.2) is 0 Å². The first-order valence-corrected chi connectivity index (χ1v) is 3.72. The summed E-state index contributed by atoms with van der Waals surface area (Å²) in [6.45, 7) is 6.53.